The molecule has 1 heterocycles. The molecule has 0 bridgehead atoms. The Labute approximate surface area is 122 Å². The molecule has 20 heavy (non-hydrogen) atoms. The van der Waals surface area contributed by atoms with Crippen molar-refractivity contribution in [1.82, 2.24) is 10.2 Å². The van der Waals surface area contributed by atoms with Crippen LogP contribution in [0, 0.1) is 19.8 Å². The number of nitrogens with zero attached hydrogens (tertiary/aromatic N) is 1. The van der Waals surface area contributed by atoms with Crippen LogP contribution in [0.3, 0.4) is 0 Å². The van der Waals surface area contributed by atoms with Gasteiger partial charge in [0, 0.05) is 31.7 Å². The minimum atomic E-state index is -0.00222. The first-order chi connectivity index (χ1) is 9.50. The molecule has 1 atom stereocenters. The van der Waals surface area contributed by atoms with E-state index in [0.29, 0.717) is 5.92 Å². The van der Waals surface area contributed by atoms with E-state index in [4.69, 9.17) is 0 Å². The number of hydrogen-bond donors (Lipinski definition) is 1. The van der Waals surface area contributed by atoms with Gasteiger partial charge in [0.05, 0.1) is 6.04 Å². The minimum Gasteiger partial charge on any atom is -0.314 e. The Morgan fingerprint density at radius 2 is 1.85 bits per heavy atom. The van der Waals surface area contributed by atoms with Gasteiger partial charge in [0.15, 0.2) is 5.78 Å². The van der Waals surface area contributed by atoms with E-state index in [0.717, 1.165) is 42.9 Å². The maximum Gasteiger partial charge on any atom is 0.180 e. The third-order valence-corrected chi connectivity index (χ3v) is 4.10. The Morgan fingerprint density at radius 1 is 1.20 bits per heavy atom. The Morgan fingerprint density at radius 3 is 2.45 bits per heavy atom. The zero-order chi connectivity index (χ0) is 14.7. The van der Waals surface area contributed by atoms with E-state index in [9.17, 15) is 4.79 Å². The van der Waals surface area contributed by atoms with Crippen LogP contribution in [0.4, 0.5) is 0 Å². The molecule has 3 heteroatoms. The lowest BCUT2D eigenvalue weighted by Gasteiger charge is -2.36. The van der Waals surface area contributed by atoms with Gasteiger partial charge in [0.25, 0.3) is 0 Å². The molecule has 1 aliphatic heterocycles. The van der Waals surface area contributed by atoms with Crippen LogP contribution in [0.2, 0.25) is 0 Å². The van der Waals surface area contributed by atoms with Crippen molar-refractivity contribution in [3.63, 3.8) is 0 Å². The van der Waals surface area contributed by atoms with Gasteiger partial charge >= 0.3 is 0 Å². The van der Waals surface area contributed by atoms with Gasteiger partial charge in [0.1, 0.15) is 0 Å². The summed E-state index contributed by atoms with van der Waals surface area (Å²) in [6.07, 6.45) is 0. The van der Waals surface area contributed by atoms with E-state index in [1.165, 1.54) is 0 Å². The normalized spacial score (nSPS) is 18.2. The number of benzene rings is 1. The highest BCUT2D eigenvalue weighted by molar-refractivity contribution is 6.01. The van der Waals surface area contributed by atoms with Crippen molar-refractivity contribution in [3.8, 4) is 0 Å². The lowest BCUT2D eigenvalue weighted by molar-refractivity contribution is 0.0718. The standard InChI is InChI=1S/C17H26N2O/c1-12(2)16(19-9-7-18-8-10-19)17(20)15-11-13(3)5-6-14(15)4/h5-6,11-12,16,18H,7-10H2,1-4H3. The molecule has 0 spiro atoms. The molecule has 1 N–H and O–H groups in total. The fourth-order valence-corrected chi connectivity index (χ4v) is 3.01. The minimum absolute atomic E-state index is 0.00222. The second kappa shape index (κ2) is 6.51. The van der Waals surface area contributed by atoms with Crippen LogP contribution in [0.5, 0.6) is 0 Å². The SMILES string of the molecule is Cc1ccc(C)c(C(=O)C(C(C)C)N2CCNCC2)c1. The first-order valence-electron chi connectivity index (χ1n) is 7.57. The van der Waals surface area contributed by atoms with E-state index in [1.807, 2.05) is 19.9 Å². The predicted octanol–water partition coefficient (Wildman–Crippen LogP) is 2.42. The lowest BCUT2D eigenvalue weighted by Crippen LogP contribution is -2.53. The van der Waals surface area contributed by atoms with Gasteiger partial charge in [-0.25, -0.2) is 0 Å². The summed E-state index contributed by atoms with van der Waals surface area (Å²) in [6, 6.07) is 6.16. The molecule has 1 unspecified atom stereocenters. The molecular formula is C17H26N2O. The highest BCUT2D eigenvalue weighted by Gasteiger charge is 2.31. The molecule has 0 radical (unpaired) electrons. The number of piperazine rings is 1. The highest BCUT2D eigenvalue weighted by Crippen LogP contribution is 2.20. The topological polar surface area (TPSA) is 32.3 Å². The first-order valence-corrected chi connectivity index (χ1v) is 7.57. The molecule has 0 aliphatic carbocycles. The monoisotopic (exact) mass is 274 g/mol. The molecule has 1 aromatic rings. The van der Waals surface area contributed by atoms with Crippen LogP contribution in [-0.2, 0) is 0 Å². The van der Waals surface area contributed by atoms with Crippen molar-refractivity contribution in [2.75, 3.05) is 26.2 Å². The lowest BCUT2D eigenvalue weighted by atomic mass is 9.90. The number of hydrogen-bond acceptors (Lipinski definition) is 3. The van der Waals surface area contributed by atoms with Crippen LogP contribution in [0.25, 0.3) is 0 Å². The Balaban J connectivity index is 2.28. The summed E-state index contributed by atoms with van der Waals surface area (Å²) in [5.41, 5.74) is 3.13. The smallest absolute Gasteiger partial charge is 0.180 e. The van der Waals surface area contributed by atoms with Crippen molar-refractivity contribution in [2.24, 2.45) is 5.92 Å². The van der Waals surface area contributed by atoms with Crippen LogP contribution in [0.15, 0.2) is 18.2 Å². The van der Waals surface area contributed by atoms with Gasteiger partial charge in [-0.2, -0.15) is 0 Å². The summed E-state index contributed by atoms with van der Waals surface area (Å²) in [5.74, 6) is 0.614. The van der Waals surface area contributed by atoms with E-state index < -0.39 is 0 Å². The molecular weight excluding hydrogens is 248 g/mol. The van der Waals surface area contributed by atoms with Crippen molar-refractivity contribution in [2.45, 2.75) is 33.7 Å². The van der Waals surface area contributed by atoms with Crippen LogP contribution >= 0.6 is 0 Å². The number of carbonyl (C=O) groups is 1. The number of carbonyl (C=O) groups excluding carboxylic acids is 1. The maximum atomic E-state index is 13.0. The summed E-state index contributed by atoms with van der Waals surface area (Å²) >= 11 is 0. The number of nitrogens with one attached hydrogen (secondary N) is 1. The summed E-state index contributed by atoms with van der Waals surface area (Å²) < 4.78 is 0. The van der Waals surface area contributed by atoms with Crippen LogP contribution < -0.4 is 5.32 Å². The van der Waals surface area contributed by atoms with Gasteiger partial charge < -0.3 is 5.32 Å². The molecule has 0 amide bonds. The van der Waals surface area contributed by atoms with Gasteiger partial charge in [-0.3, -0.25) is 9.69 Å². The molecule has 1 saturated heterocycles. The molecule has 1 aliphatic rings. The third kappa shape index (κ3) is 3.28. The van der Waals surface area contributed by atoms with Crippen LogP contribution in [0.1, 0.15) is 35.3 Å². The quantitative estimate of drug-likeness (QED) is 0.856. The van der Waals surface area contributed by atoms with Crippen LogP contribution in [-0.4, -0.2) is 42.9 Å². The Kier molecular flexibility index (Phi) is 4.95. The van der Waals surface area contributed by atoms with E-state index in [1.54, 1.807) is 0 Å². The maximum absolute atomic E-state index is 13.0. The van der Waals surface area contributed by atoms with Gasteiger partial charge in [-0.15, -0.1) is 0 Å². The fourth-order valence-electron chi connectivity index (χ4n) is 3.01. The van der Waals surface area contributed by atoms with Gasteiger partial charge in [-0.05, 0) is 31.4 Å². The largest absolute Gasteiger partial charge is 0.314 e. The fraction of sp³-hybridized carbons (Fsp3) is 0.588. The number of ketones is 1. The second-order valence-corrected chi connectivity index (χ2v) is 6.16. The van der Waals surface area contributed by atoms with Crippen molar-refractivity contribution >= 4 is 5.78 Å². The van der Waals surface area contributed by atoms with Crippen molar-refractivity contribution in [1.29, 1.82) is 0 Å². The third-order valence-electron chi connectivity index (χ3n) is 4.10. The summed E-state index contributed by atoms with van der Waals surface area (Å²) in [7, 11) is 0. The number of Topliss-reactive ketones (excluding diaryl/α,β-unsaturated/α-hetero) is 1. The molecule has 1 fully saturated rings. The van der Waals surface area contributed by atoms with Crippen molar-refractivity contribution < 1.29 is 4.79 Å². The van der Waals surface area contributed by atoms with Gasteiger partial charge in [0.2, 0.25) is 0 Å². The molecule has 0 aromatic heterocycles. The van der Waals surface area contributed by atoms with E-state index >= 15 is 0 Å². The summed E-state index contributed by atoms with van der Waals surface area (Å²) in [4.78, 5) is 15.3. The van der Waals surface area contributed by atoms with Crippen molar-refractivity contribution in [3.05, 3.63) is 34.9 Å². The first kappa shape index (κ1) is 15.2. The van der Waals surface area contributed by atoms with E-state index in [2.05, 4.69) is 36.2 Å². The predicted molar refractivity (Wildman–Crippen MR) is 83.3 cm³/mol. The molecule has 110 valence electrons. The zero-order valence-corrected chi connectivity index (χ0v) is 13.1. The number of rotatable bonds is 4. The Bertz CT molecular complexity index is 476. The molecule has 3 nitrogen and oxygen atoms in total. The molecule has 2 rings (SSSR count). The number of aryl methyl sites for hydroxylation is 2. The van der Waals surface area contributed by atoms with Gasteiger partial charge in [-0.1, -0.05) is 31.5 Å². The average molecular weight is 274 g/mol. The summed E-state index contributed by atoms with van der Waals surface area (Å²) in [6.45, 7) is 12.2. The molecule has 0 saturated carbocycles. The Hall–Kier alpha value is -1.19. The second-order valence-electron chi connectivity index (χ2n) is 6.16. The highest BCUT2D eigenvalue weighted by atomic mass is 16.1. The molecule has 1 aromatic carbocycles. The zero-order valence-electron chi connectivity index (χ0n) is 13.1. The average Bonchev–Trinajstić information content (AvgIpc) is 2.42. The summed E-state index contributed by atoms with van der Waals surface area (Å²) in [5, 5.41) is 3.35. The van der Waals surface area contributed by atoms with E-state index in [-0.39, 0.29) is 11.8 Å².